The fraction of sp³-hybridized carbons (Fsp3) is 0.0800. The lowest BCUT2D eigenvalue weighted by Crippen LogP contribution is -2.31. The molecule has 0 aliphatic carbocycles. The molecule has 1 amide bonds. The monoisotopic (exact) mass is 486 g/mol. The second kappa shape index (κ2) is 9.03. The van der Waals surface area contributed by atoms with Crippen LogP contribution in [0.4, 0.5) is 17.3 Å². The van der Waals surface area contributed by atoms with Crippen LogP contribution in [0.3, 0.4) is 0 Å². The minimum absolute atomic E-state index is 0.122. The standard InChI is InChI=1S/C25H19ClN6O3/c1-15-21(24(33)28-18-10-3-2-4-11-18)22(19-12-5-6-13-20(19)32(34)35)31-25(27-15)29-23(30-31)16-8-7-9-17(26)14-16/h2-14,22H,1H3,(H,28,33)(H,27,29,30)/t22-/m1/s1. The predicted octanol–water partition coefficient (Wildman–Crippen LogP) is 5.43. The number of hydrogen-bond acceptors (Lipinski definition) is 6. The van der Waals surface area contributed by atoms with Gasteiger partial charge in [0.1, 0.15) is 6.04 Å². The molecule has 0 radical (unpaired) electrons. The van der Waals surface area contributed by atoms with Crippen LogP contribution in [-0.2, 0) is 4.79 Å². The number of nitrogens with zero attached hydrogens (tertiary/aromatic N) is 4. The number of nitrogens with one attached hydrogen (secondary N) is 2. The van der Waals surface area contributed by atoms with Crippen LogP contribution in [0.2, 0.25) is 5.02 Å². The molecule has 1 aromatic heterocycles. The third-order valence-corrected chi connectivity index (χ3v) is 5.87. The van der Waals surface area contributed by atoms with Gasteiger partial charge in [-0.25, -0.2) is 4.68 Å². The maximum Gasteiger partial charge on any atom is 0.275 e. The van der Waals surface area contributed by atoms with E-state index in [0.29, 0.717) is 39.3 Å². The largest absolute Gasteiger partial charge is 0.328 e. The fourth-order valence-corrected chi connectivity index (χ4v) is 4.28. The van der Waals surface area contributed by atoms with E-state index in [4.69, 9.17) is 11.6 Å². The van der Waals surface area contributed by atoms with Crippen LogP contribution in [0.15, 0.2) is 90.1 Å². The molecule has 174 valence electrons. The van der Waals surface area contributed by atoms with Crippen LogP contribution in [-0.4, -0.2) is 25.6 Å². The molecule has 3 aromatic carbocycles. The number of para-hydroxylation sites is 2. The summed E-state index contributed by atoms with van der Waals surface area (Å²) in [6.07, 6.45) is 0. The van der Waals surface area contributed by atoms with Crippen LogP contribution in [0.5, 0.6) is 0 Å². The van der Waals surface area contributed by atoms with E-state index in [1.807, 2.05) is 24.3 Å². The first-order valence-corrected chi connectivity index (χ1v) is 11.1. The quantitative estimate of drug-likeness (QED) is 0.287. The Kier molecular flexibility index (Phi) is 5.76. The Morgan fingerprint density at radius 3 is 2.57 bits per heavy atom. The number of allylic oxidation sites excluding steroid dienone is 1. The van der Waals surface area contributed by atoms with E-state index in [-0.39, 0.29) is 11.3 Å². The minimum atomic E-state index is -0.892. The van der Waals surface area contributed by atoms with Gasteiger partial charge in [0, 0.05) is 28.0 Å². The van der Waals surface area contributed by atoms with Crippen molar-refractivity contribution in [2.75, 3.05) is 10.6 Å². The van der Waals surface area contributed by atoms with E-state index in [1.165, 1.54) is 10.7 Å². The molecule has 1 atom stereocenters. The van der Waals surface area contributed by atoms with Gasteiger partial charge in [-0.05, 0) is 37.3 Å². The maximum atomic E-state index is 13.5. The third kappa shape index (κ3) is 4.24. The number of aromatic nitrogens is 3. The number of halogens is 1. The second-order valence-corrected chi connectivity index (χ2v) is 8.35. The fourth-order valence-electron chi connectivity index (χ4n) is 4.09. The van der Waals surface area contributed by atoms with Gasteiger partial charge in [-0.2, -0.15) is 4.98 Å². The molecule has 1 aliphatic rings. The normalized spacial score (nSPS) is 14.7. The predicted molar refractivity (Wildman–Crippen MR) is 133 cm³/mol. The van der Waals surface area contributed by atoms with Crippen LogP contribution in [0.25, 0.3) is 11.4 Å². The van der Waals surface area contributed by atoms with Gasteiger partial charge in [0.05, 0.1) is 16.1 Å². The first-order chi connectivity index (χ1) is 16.9. The Labute approximate surface area is 205 Å². The van der Waals surface area contributed by atoms with Crippen molar-refractivity contribution in [2.24, 2.45) is 0 Å². The summed E-state index contributed by atoms with van der Waals surface area (Å²) in [6, 6.07) is 21.5. The molecule has 2 heterocycles. The molecule has 35 heavy (non-hydrogen) atoms. The van der Waals surface area contributed by atoms with Gasteiger partial charge in [-0.3, -0.25) is 14.9 Å². The summed E-state index contributed by atoms with van der Waals surface area (Å²) in [5.41, 5.74) is 2.28. The Morgan fingerprint density at radius 2 is 1.83 bits per heavy atom. The summed E-state index contributed by atoms with van der Waals surface area (Å²) >= 11 is 6.15. The van der Waals surface area contributed by atoms with Gasteiger partial charge >= 0.3 is 0 Å². The zero-order valence-corrected chi connectivity index (χ0v) is 19.2. The summed E-state index contributed by atoms with van der Waals surface area (Å²) in [5, 5.41) is 23.1. The highest BCUT2D eigenvalue weighted by molar-refractivity contribution is 6.30. The lowest BCUT2D eigenvalue weighted by molar-refractivity contribution is -0.385. The molecule has 0 bridgehead atoms. The molecular formula is C25H19ClN6O3. The summed E-state index contributed by atoms with van der Waals surface area (Å²) in [7, 11) is 0. The van der Waals surface area contributed by atoms with Gasteiger partial charge in [0.2, 0.25) is 5.95 Å². The summed E-state index contributed by atoms with van der Waals surface area (Å²) in [5.74, 6) is 0.322. The highest BCUT2D eigenvalue weighted by atomic mass is 35.5. The van der Waals surface area contributed by atoms with Crippen LogP contribution in [0.1, 0.15) is 18.5 Å². The average molecular weight is 487 g/mol. The summed E-state index contributed by atoms with van der Waals surface area (Å²) < 4.78 is 1.51. The van der Waals surface area contributed by atoms with E-state index in [9.17, 15) is 14.9 Å². The highest BCUT2D eigenvalue weighted by Crippen LogP contribution is 2.40. The Hall–Kier alpha value is -4.50. The number of hydrogen-bond donors (Lipinski definition) is 2. The van der Waals surface area contributed by atoms with Gasteiger partial charge in [-0.15, -0.1) is 5.10 Å². The van der Waals surface area contributed by atoms with E-state index >= 15 is 0 Å². The number of fused-ring (bicyclic) bond motifs is 1. The third-order valence-electron chi connectivity index (χ3n) is 5.64. The molecule has 9 nitrogen and oxygen atoms in total. The summed E-state index contributed by atoms with van der Waals surface area (Å²) in [6.45, 7) is 1.74. The van der Waals surface area contributed by atoms with Crippen molar-refractivity contribution >= 4 is 34.8 Å². The molecule has 0 spiro atoms. The molecule has 2 N–H and O–H groups in total. The zero-order valence-electron chi connectivity index (χ0n) is 18.5. The number of carbonyl (C=O) groups excluding carboxylic acids is 1. The van der Waals surface area contributed by atoms with Crippen molar-refractivity contribution < 1.29 is 9.72 Å². The van der Waals surface area contributed by atoms with Gasteiger partial charge in [0.25, 0.3) is 11.6 Å². The zero-order chi connectivity index (χ0) is 24.5. The van der Waals surface area contributed by atoms with Crippen molar-refractivity contribution in [1.29, 1.82) is 0 Å². The maximum absolute atomic E-state index is 13.5. The Balaban J connectivity index is 1.67. The van der Waals surface area contributed by atoms with Crippen molar-refractivity contribution in [2.45, 2.75) is 13.0 Å². The average Bonchev–Trinajstić information content (AvgIpc) is 3.27. The SMILES string of the molecule is CC1=C(C(=O)Nc2ccccc2)[C@@H](c2ccccc2[N+](=O)[O-])n2nc(-c3cccc(Cl)c3)nc2N1. The highest BCUT2D eigenvalue weighted by Gasteiger charge is 2.37. The van der Waals surface area contributed by atoms with Crippen molar-refractivity contribution in [3.8, 4) is 11.4 Å². The van der Waals surface area contributed by atoms with Gasteiger partial charge in [0.15, 0.2) is 5.82 Å². The first kappa shape index (κ1) is 22.3. The van der Waals surface area contributed by atoms with Crippen LogP contribution < -0.4 is 10.6 Å². The molecule has 10 heteroatoms. The number of amides is 1. The topological polar surface area (TPSA) is 115 Å². The molecule has 4 aromatic rings. The number of anilines is 2. The molecule has 0 unspecified atom stereocenters. The molecular weight excluding hydrogens is 468 g/mol. The Morgan fingerprint density at radius 1 is 1.09 bits per heavy atom. The number of benzene rings is 3. The molecule has 0 fully saturated rings. The smallest absolute Gasteiger partial charge is 0.275 e. The van der Waals surface area contributed by atoms with E-state index in [2.05, 4.69) is 20.7 Å². The van der Waals surface area contributed by atoms with E-state index in [0.717, 1.165) is 0 Å². The second-order valence-electron chi connectivity index (χ2n) is 7.92. The number of nitro benzene ring substituents is 1. The van der Waals surface area contributed by atoms with Gasteiger partial charge in [-0.1, -0.05) is 54.1 Å². The van der Waals surface area contributed by atoms with E-state index in [1.54, 1.807) is 55.5 Å². The van der Waals surface area contributed by atoms with Crippen molar-refractivity contribution in [3.63, 3.8) is 0 Å². The number of rotatable bonds is 5. The molecule has 0 saturated carbocycles. The molecule has 0 saturated heterocycles. The van der Waals surface area contributed by atoms with Crippen molar-refractivity contribution in [1.82, 2.24) is 14.8 Å². The van der Waals surface area contributed by atoms with E-state index < -0.39 is 16.9 Å². The Bertz CT molecular complexity index is 1480. The van der Waals surface area contributed by atoms with Crippen LogP contribution in [0, 0.1) is 10.1 Å². The molecule has 1 aliphatic heterocycles. The van der Waals surface area contributed by atoms with Gasteiger partial charge < -0.3 is 10.6 Å². The van der Waals surface area contributed by atoms with Crippen molar-refractivity contribution in [3.05, 3.63) is 111 Å². The first-order valence-electron chi connectivity index (χ1n) is 10.7. The van der Waals surface area contributed by atoms with Crippen LogP contribution >= 0.6 is 11.6 Å². The number of carbonyl (C=O) groups is 1. The lowest BCUT2D eigenvalue weighted by Gasteiger charge is -2.28. The minimum Gasteiger partial charge on any atom is -0.328 e. The molecule has 5 rings (SSSR count). The lowest BCUT2D eigenvalue weighted by atomic mass is 9.93. The number of nitro groups is 1. The summed E-state index contributed by atoms with van der Waals surface area (Å²) in [4.78, 5) is 29.5.